The Morgan fingerprint density at radius 1 is 1.41 bits per heavy atom. The van der Waals surface area contributed by atoms with Gasteiger partial charge in [-0.2, -0.15) is 0 Å². The smallest absolute Gasteiger partial charge is 0.224 e. The van der Waals surface area contributed by atoms with E-state index in [9.17, 15) is 0 Å². The molecule has 0 unspecified atom stereocenters. The van der Waals surface area contributed by atoms with Crippen molar-refractivity contribution < 1.29 is 0 Å². The SMILES string of the molecule is CCC1CCC(N)(c2nnc(NC)n2C)CC1. The molecule has 0 aliphatic heterocycles. The third-order valence-corrected chi connectivity index (χ3v) is 4.12. The van der Waals surface area contributed by atoms with Crippen molar-refractivity contribution in [3.8, 4) is 0 Å². The van der Waals surface area contributed by atoms with E-state index >= 15 is 0 Å². The molecule has 1 aromatic rings. The molecule has 96 valence electrons. The van der Waals surface area contributed by atoms with Gasteiger partial charge in [0.25, 0.3) is 0 Å². The second-order valence-electron chi connectivity index (χ2n) is 5.16. The first-order valence-electron chi connectivity index (χ1n) is 6.47. The van der Waals surface area contributed by atoms with E-state index in [1.54, 1.807) is 0 Å². The fourth-order valence-corrected chi connectivity index (χ4v) is 2.81. The minimum Gasteiger partial charge on any atom is -0.357 e. The molecule has 0 bridgehead atoms. The number of aromatic nitrogens is 3. The van der Waals surface area contributed by atoms with E-state index in [2.05, 4.69) is 22.4 Å². The summed E-state index contributed by atoms with van der Waals surface area (Å²) in [4.78, 5) is 0. The summed E-state index contributed by atoms with van der Waals surface area (Å²) in [6.45, 7) is 2.26. The first kappa shape index (κ1) is 12.4. The largest absolute Gasteiger partial charge is 0.357 e. The molecule has 0 aromatic carbocycles. The summed E-state index contributed by atoms with van der Waals surface area (Å²) in [5.41, 5.74) is 6.23. The normalized spacial score (nSPS) is 29.3. The third kappa shape index (κ3) is 2.16. The number of rotatable bonds is 3. The Kier molecular flexibility index (Phi) is 3.38. The molecular formula is C12H23N5. The molecule has 1 heterocycles. The monoisotopic (exact) mass is 237 g/mol. The Labute approximate surface area is 103 Å². The lowest BCUT2D eigenvalue weighted by atomic mass is 9.76. The zero-order valence-corrected chi connectivity index (χ0v) is 11.0. The van der Waals surface area contributed by atoms with Crippen LogP contribution in [0.25, 0.3) is 0 Å². The molecule has 2 rings (SSSR count). The molecular weight excluding hydrogens is 214 g/mol. The van der Waals surface area contributed by atoms with Crippen LogP contribution < -0.4 is 11.1 Å². The van der Waals surface area contributed by atoms with Gasteiger partial charge >= 0.3 is 0 Å². The van der Waals surface area contributed by atoms with Crippen LogP contribution in [0.4, 0.5) is 5.95 Å². The lowest BCUT2D eigenvalue weighted by Crippen LogP contribution is -2.42. The molecule has 0 spiro atoms. The van der Waals surface area contributed by atoms with Crippen LogP contribution >= 0.6 is 0 Å². The van der Waals surface area contributed by atoms with Crippen molar-refractivity contribution in [2.24, 2.45) is 18.7 Å². The van der Waals surface area contributed by atoms with Crippen LogP contribution in [0.2, 0.25) is 0 Å². The number of nitrogens with zero attached hydrogens (tertiary/aromatic N) is 3. The quantitative estimate of drug-likeness (QED) is 0.838. The fourth-order valence-electron chi connectivity index (χ4n) is 2.81. The van der Waals surface area contributed by atoms with Gasteiger partial charge in [0.2, 0.25) is 5.95 Å². The highest BCUT2D eigenvalue weighted by Gasteiger charge is 2.36. The third-order valence-electron chi connectivity index (χ3n) is 4.12. The highest BCUT2D eigenvalue weighted by molar-refractivity contribution is 5.26. The number of hydrogen-bond donors (Lipinski definition) is 2. The van der Waals surface area contributed by atoms with E-state index in [4.69, 9.17) is 5.73 Å². The lowest BCUT2D eigenvalue weighted by Gasteiger charge is -2.35. The first-order chi connectivity index (χ1) is 8.10. The summed E-state index contributed by atoms with van der Waals surface area (Å²) in [6.07, 6.45) is 5.70. The molecule has 3 N–H and O–H groups in total. The van der Waals surface area contributed by atoms with Gasteiger partial charge in [0.15, 0.2) is 5.82 Å². The average molecular weight is 237 g/mol. The fraction of sp³-hybridized carbons (Fsp3) is 0.833. The predicted octanol–water partition coefficient (Wildman–Crippen LogP) is 1.61. The Bertz CT molecular complexity index is 376. The van der Waals surface area contributed by atoms with Gasteiger partial charge in [-0.05, 0) is 31.6 Å². The van der Waals surface area contributed by atoms with Crippen LogP contribution in [-0.4, -0.2) is 21.8 Å². The molecule has 0 saturated heterocycles. The maximum absolute atomic E-state index is 6.52. The summed E-state index contributed by atoms with van der Waals surface area (Å²) in [5.74, 6) is 2.53. The van der Waals surface area contributed by atoms with Crippen molar-refractivity contribution in [3.63, 3.8) is 0 Å². The molecule has 0 amide bonds. The number of nitrogens with one attached hydrogen (secondary N) is 1. The molecule has 1 fully saturated rings. The van der Waals surface area contributed by atoms with Crippen LogP contribution in [0.3, 0.4) is 0 Å². The molecule has 0 radical (unpaired) electrons. The van der Waals surface area contributed by atoms with E-state index in [0.717, 1.165) is 30.5 Å². The Hall–Kier alpha value is -1.10. The summed E-state index contributed by atoms with van der Waals surface area (Å²) >= 11 is 0. The van der Waals surface area contributed by atoms with Gasteiger partial charge in [-0.3, -0.25) is 4.57 Å². The molecule has 5 heteroatoms. The van der Waals surface area contributed by atoms with Crippen LogP contribution in [0.15, 0.2) is 0 Å². The van der Waals surface area contributed by atoms with E-state index in [1.165, 1.54) is 19.3 Å². The predicted molar refractivity (Wildman–Crippen MR) is 68.7 cm³/mol. The van der Waals surface area contributed by atoms with Crippen molar-refractivity contribution in [1.82, 2.24) is 14.8 Å². The maximum atomic E-state index is 6.52. The van der Waals surface area contributed by atoms with Crippen molar-refractivity contribution in [1.29, 1.82) is 0 Å². The standard InChI is InChI=1S/C12H23N5/c1-4-9-5-7-12(13,8-6-9)10-15-16-11(14-2)17(10)3/h9H,4-8,13H2,1-3H3,(H,14,16). The van der Waals surface area contributed by atoms with Gasteiger partial charge in [0, 0.05) is 14.1 Å². The molecule has 17 heavy (non-hydrogen) atoms. The molecule has 5 nitrogen and oxygen atoms in total. The summed E-state index contributed by atoms with van der Waals surface area (Å²) in [7, 11) is 3.83. The van der Waals surface area contributed by atoms with E-state index in [-0.39, 0.29) is 5.54 Å². The molecule has 1 saturated carbocycles. The van der Waals surface area contributed by atoms with Gasteiger partial charge in [0.1, 0.15) is 0 Å². The number of nitrogens with two attached hydrogens (primary N) is 1. The van der Waals surface area contributed by atoms with E-state index in [1.807, 2.05) is 18.7 Å². The van der Waals surface area contributed by atoms with Crippen molar-refractivity contribution in [2.75, 3.05) is 12.4 Å². The second-order valence-corrected chi connectivity index (χ2v) is 5.16. The summed E-state index contributed by atoms with van der Waals surface area (Å²) < 4.78 is 1.98. The van der Waals surface area contributed by atoms with Crippen molar-refractivity contribution >= 4 is 5.95 Å². The van der Waals surface area contributed by atoms with Gasteiger partial charge < -0.3 is 11.1 Å². The van der Waals surface area contributed by atoms with E-state index < -0.39 is 0 Å². The van der Waals surface area contributed by atoms with E-state index in [0.29, 0.717) is 0 Å². The molecule has 0 atom stereocenters. The Morgan fingerprint density at radius 2 is 2.06 bits per heavy atom. The summed E-state index contributed by atoms with van der Waals surface area (Å²) in [5, 5.41) is 11.4. The number of hydrogen-bond acceptors (Lipinski definition) is 4. The topological polar surface area (TPSA) is 68.8 Å². The Balaban J connectivity index is 2.18. The molecule has 1 aromatic heterocycles. The zero-order valence-electron chi connectivity index (χ0n) is 11.0. The van der Waals surface area contributed by atoms with Gasteiger partial charge in [-0.25, -0.2) is 0 Å². The number of anilines is 1. The highest BCUT2D eigenvalue weighted by Crippen LogP contribution is 2.38. The van der Waals surface area contributed by atoms with Gasteiger partial charge in [0.05, 0.1) is 5.54 Å². The van der Waals surface area contributed by atoms with Crippen LogP contribution in [0.1, 0.15) is 44.9 Å². The highest BCUT2D eigenvalue weighted by atomic mass is 15.3. The van der Waals surface area contributed by atoms with Gasteiger partial charge in [-0.1, -0.05) is 13.3 Å². The second kappa shape index (κ2) is 4.64. The maximum Gasteiger partial charge on any atom is 0.224 e. The van der Waals surface area contributed by atoms with Gasteiger partial charge in [-0.15, -0.1) is 10.2 Å². The minimum absolute atomic E-state index is 0.289. The minimum atomic E-state index is -0.289. The van der Waals surface area contributed by atoms with Crippen molar-refractivity contribution in [3.05, 3.63) is 5.82 Å². The Morgan fingerprint density at radius 3 is 2.53 bits per heavy atom. The summed E-state index contributed by atoms with van der Waals surface area (Å²) in [6, 6.07) is 0. The zero-order chi connectivity index (χ0) is 12.5. The van der Waals surface area contributed by atoms with Crippen LogP contribution in [-0.2, 0) is 12.6 Å². The lowest BCUT2D eigenvalue weighted by molar-refractivity contribution is 0.218. The van der Waals surface area contributed by atoms with Crippen molar-refractivity contribution in [2.45, 2.75) is 44.6 Å². The molecule has 1 aliphatic rings. The van der Waals surface area contributed by atoms with Crippen LogP contribution in [0.5, 0.6) is 0 Å². The molecule has 1 aliphatic carbocycles. The average Bonchev–Trinajstić information content (AvgIpc) is 2.72. The first-order valence-corrected chi connectivity index (χ1v) is 6.47. The van der Waals surface area contributed by atoms with Crippen LogP contribution in [0, 0.1) is 5.92 Å².